The molecule has 1 unspecified atom stereocenters. The monoisotopic (exact) mass is 398 g/mol. The third-order valence-electron chi connectivity index (χ3n) is 5.45. The summed E-state index contributed by atoms with van der Waals surface area (Å²) < 4.78 is 7.74. The maximum absolute atomic E-state index is 5.54. The van der Waals surface area contributed by atoms with Crippen molar-refractivity contribution in [2.24, 2.45) is 4.99 Å². The summed E-state index contributed by atoms with van der Waals surface area (Å²) in [4.78, 5) is 11.1. The van der Waals surface area contributed by atoms with Crippen molar-refractivity contribution < 1.29 is 4.74 Å². The number of anilines is 1. The number of unbranched alkanes of at least 4 members (excludes halogenated alkanes) is 1. The van der Waals surface area contributed by atoms with E-state index in [-0.39, 0.29) is 0 Å². The van der Waals surface area contributed by atoms with Crippen molar-refractivity contribution >= 4 is 11.6 Å². The van der Waals surface area contributed by atoms with Crippen LogP contribution in [0.15, 0.2) is 41.7 Å². The molecule has 2 heterocycles. The maximum atomic E-state index is 5.54. The minimum Gasteiger partial charge on any atom is -0.495 e. The van der Waals surface area contributed by atoms with Gasteiger partial charge in [-0.3, -0.25) is 4.99 Å². The van der Waals surface area contributed by atoms with Gasteiger partial charge in [-0.15, -0.1) is 0 Å². The van der Waals surface area contributed by atoms with Crippen molar-refractivity contribution in [2.75, 3.05) is 38.7 Å². The van der Waals surface area contributed by atoms with Gasteiger partial charge in [-0.25, -0.2) is 4.98 Å². The Morgan fingerprint density at radius 3 is 2.93 bits per heavy atom. The highest BCUT2D eigenvalue weighted by Crippen LogP contribution is 2.29. The van der Waals surface area contributed by atoms with E-state index >= 15 is 0 Å². The van der Waals surface area contributed by atoms with Gasteiger partial charge in [0, 0.05) is 51.7 Å². The van der Waals surface area contributed by atoms with E-state index < -0.39 is 0 Å². The molecule has 0 saturated carbocycles. The first kappa shape index (κ1) is 21.0. The number of ether oxygens (including phenoxy) is 1. The average molecular weight is 399 g/mol. The van der Waals surface area contributed by atoms with Gasteiger partial charge in [0.2, 0.25) is 0 Å². The van der Waals surface area contributed by atoms with Crippen molar-refractivity contribution in [3.8, 4) is 5.75 Å². The molecule has 7 nitrogen and oxygen atoms in total. The Bertz CT molecular complexity index is 787. The summed E-state index contributed by atoms with van der Waals surface area (Å²) in [5, 5.41) is 7.06. The van der Waals surface area contributed by atoms with Gasteiger partial charge in [0.05, 0.1) is 12.8 Å². The highest BCUT2D eigenvalue weighted by molar-refractivity contribution is 5.80. The van der Waals surface area contributed by atoms with Crippen LogP contribution in [0.25, 0.3) is 0 Å². The fourth-order valence-electron chi connectivity index (χ4n) is 3.85. The Labute approximate surface area is 174 Å². The molecule has 1 aliphatic heterocycles. The molecule has 1 fully saturated rings. The Morgan fingerprint density at radius 2 is 2.17 bits per heavy atom. The fraction of sp³-hybridized carbons (Fsp3) is 0.545. The van der Waals surface area contributed by atoms with Gasteiger partial charge in [-0.2, -0.15) is 0 Å². The Hall–Kier alpha value is -2.70. The predicted octanol–water partition coefficient (Wildman–Crippen LogP) is 2.81. The lowest BCUT2D eigenvalue weighted by atomic mass is 10.0. The van der Waals surface area contributed by atoms with Gasteiger partial charge in [0.15, 0.2) is 5.96 Å². The maximum Gasteiger partial charge on any atom is 0.191 e. The molecule has 0 radical (unpaired) electrons. The zero-order valence-electron chi connectivity index (χ0n) is 17.9. The van der Waals surface area contributed by atoms with Gasteiger partial charge in [-0.05, 0) is 44.7 Å². The molecule has 0 aliphatic carbocycles. The number of nitrogens with zero attached hydrogens (tertiary/aromatic N) is 4. The van der Waals surface area contributed by atoms with Crippen molar-refractivity contribution in [1.29, 1.82) is 0 Å². The minimum absolute atomic E-state index is 0.369. The van der Waals surface area contributed by atoms with Crippen molar-refractivity contribution in [3.63, 3.8) is 0 Å². The zero-order chi connectivity index (χ0) is 20.5. The highest BCUT2D eigenvalue weighted by Gasteiger charge is 2.22. The number of hydrogen-bond donors (Lipinski definition) is 2. The second-order valence-corrected chi connectivity index (χ2v) is 7.48. The number of aryl methyl sites for hydroxylation is 2. The summed E-state index contributed by atoms with van der Waals surface area (Å²) in [6, 6.07) is 8.62. The van der Waals surface area contributed by atoms with Gasteiger partial charge in [-0.1, -0.05) is 12.1 Å². The predicted molar refractivity (Wildman–Crippen MR) is 119 cm³/mol. The van der Waals surface area contributed by atoms with E-state index in [0.29, 0.717) is 6.04 Å². The number of para-hydroxylation sites is 2. The molecule has 2 N–H and O–H groups in total. The fourth-order valence-corrected chi connectivity index (χ4v) is 3.85. The van der Waals surface area contributed by atoms with Crippen LogP contribution in [-0.4, -0.2) is 55.3 Å². The summed E-state index contributed by atoms with van der Waals surface area (Å²) in [7, 11) is 3.57. The number of aliphatic imine (C=N–C) groups is 1. The number of imidazole rings is 1. The number of hydrogen-bond acceptors (Lipinski definition) is 4. The first-order chi connectivity index (χ1) is 14.2. The molecule has 0 amide bonds. The lowest BCUT2D eigenvalue weighted by molar-refractivity contribution is 0.408. The van der Waals surface area contributed by atoms with Crippen LogP contribution in [0, 0.1) is 6.92 Å². The second kappa shape index (κ2) is 10.7. The number of benzene rings is 1. The summed E-state index contributed by atoms with van der Waals surface area (Å²) in [5.74, 6) is 2.90. The van der Waals surface area contributed by atoms with Crippen LogP contribution in [-0.2, 0) is 6.54 Å². The molecule has 0 bridgehead atoms. The van der Waals surface area contributed by atoms with Crippen LogP contribution in [0.4, 0.5) is 5.69 Å². The van der Waals surface area contributed by atoms with Gasteiger partial charge < -0.3 is 24.8 Å². The summed E-state index contributed by atoms with van der Waals surface area (Å²) in [6.45, 7) is 5.97. The van der Waals surface area contributed by atoms with Crippen molar-refractivity contribution in [2.45, 2.75) is 45.2 Å². The molecule has 3 rings (SSSR count). The lowest BCUT2D eigenvalue weighted by Gasteiger charge is -2.36. The van der Waals surface area contributed by atoms with E-state index in [4.69, 9.17) is 4.74 Å². The molecule has 2 aromatic rings. The third-order valence-corrected chi connectivity index (χ3v) is 5.45. The third kappa shape index (κ3) is 5.89. The Balaban J connectivity index is 1.43. The van der Waals surface area contributed by atoms with E-state index in [1.54, 1.807) is 7.11 Å². The standard InChI is InChI=1S/C22H34N6O/c1-18-24-13-16-27(18)14-7-6-12-25-22(23-2)26-19-9-8-15-28(17-19)20-10-4-5-11-21(20)29-3/h4-5,10-11,13,16,19H,6-9,12,14-15,17H2,1-3H3,(H2,23,25,26). The number of guanidine groups is 1. The number of aromatic nitrogens is 2. The molecule has 1 aromatic heterocycles. The van der Waals surface area contributed by atoms with Gasteiger partial charge in [0.1, 0.15) is 11.6 Å². The summed E-state index contributed by atoms with van der Waals surface area (Å²) >= 11 is 0. The quantitative estimate of drug-likeness (QED) is 0.407. The van der Waals surface area contributed by atoms with Gasteiger partial charge in [0.25, 0.3) is 0 Å². The van der Waals surface area contributed by atoms with E-state index in [1.165, 1.54) is 5.69 Å². The van der Waals surface area contributed by atoms with Crippen LogP contribution in [0.2, 0.25) is 0 Å². The SMILES string of the molecule is CN=C(NCCCCn1ccnc1C)NC1CCCN(c2ccccc2OC)C1. The Morgan fingerprint density at radius 1 is 1.31 bits per heavy atom. The lowest BCUT2D eigenvalue weighted by Crippen LogP contribution is -2.51. The molecule has 1 saturated heterocycles. The van der Waals surface area contributed by atoms with E-state index in [2.05, 4.69) is 42.2 Å². The number of methoxy groups -OCH3 is 1. The molecule has 0 spiro atoms. The van der Waals surface area contributed by atoms with Crippen LogP contribution in [0.1, 0.15) is 31.5 Å². The van der Waals surface area contributed by atoms with Crippen molar-refractivity contribution in [3.05, 3.63) is 42.5 Å². The number of piperidine rings is 1. The normalized spacial score (nSPS) is 17.3. The van der Waals surface area contributed by atoms with Crippen molar-refractivity contribution in [1.82, 2.24) is 20.2 Å². The van der Waals surface area contributed by atoms with Crippen LogP contribution < -0.4 is 20.3 Å². The molecule has 29 heavy (non-hydrogen) atoms. The van der Waals surface area contributed by atoms with Crippen LogP contribution in [0.3, 0.4) is 0 Å². The molecule has 1 aromatic carbocycles. The zero-order valence-corrected chi connectivity index (χ0v) is 17.9. The van der Waals surface area contributed by atoms with E-state index in [0.717, 1.165) is 69.4 Å². The second-order valence-electron chi connectivity index (χ2n) is 7.48. The largest absolute Gasteiger partial charge is 0.495 e. The summed E-state index contributed by atoms with van der Waals surface area (Å²) in [5.41, 5.74) is 1.17. The minimum atomic E-state index is 0.369. The number of rotatable bonds is 8. The van der Waals surface area contributed by atoms with Crippen LogP contribution in [0.5, 0.6) is 5.75 Å². The first-order valence-corrected chi connectivity index (χ1v) is 10.5. The summed E-state index contributed by atoms with van der Waals surface area (Å²) in [6.07, 6.45) is 8.41. The average Bonchev–Trinajstić information content (AvgIpc) is 3.17. The molecular formula is C22H34N6O. The number of nitrogens with one attached hydrogen (secondary N) is 2. The molecule has 1 atom stereocenters. The Kier molecular flexibility index (Phi) is 7.78. The van der Waals surface area contributed by atoms with E-state index in [1.807, 2.05) is 38.5 Å². The van der Waals surface area contributed by atoms with E-state index in [9.17, 15) is 0 Å². The molecular weight excluding hydrogens is 364 g/mol. The molecule has 1 aliphatic rings. The van der Waals surface area contributed by atoms with Crippen LogP contribution >= 0.6 is 0 Å². The molecule has 158 valence electrons. The highest BCUT2D eigenvalue weighted by atomic mass is 16.5. The smallest absolute Gasteiger partial charge is 0.191 e. The van der Waals surface area contributed by atoms with Gasteiger partial charge >= 0.3 is 0 Å². The topological polar surface area (TPSA) is 66.7 Å². The molecule has 7 heteroatoms. The first-order valence-electron chi connectivity index (χ1n) is 10.5.